The number of nitrogens with one attached hydrogen (secondary N) is 1. The molecule has 2 rings (SSSR count). The van der Waals surface area contributed by atoms with Gasteiger partial charge in [0.2, 0.25) is 0 Å². The van der Waals surface area contributed by atoms with Crippen LogP contribution in [-0.2, 0) is 4.74 Å². The first kappa shape index (κ1) is 13.6. The highest BCUT2D eigenvalue weighted by Gasteiger charge is 2.43. The van der Waals surface area contributed by atoms with E-state index in [2.05, 4.69) is 11.7 Å². The molecule has 1 aromatic heterocycles. The van der Waals surface area contributed by atoms with Gasteiger partial charge in [-0.2, -0.15) is 0 Å². The molecule has 1 aliphatic heterocycles. The zero-order chi connectivity index (χ0) is 14.2. The normalized spacial score (nSPS) is 30.5. The van der Waals surface area contributed by atoms with E-state index < -0.39 is 42.4 Å². The quantitative estimate of drug-likeness (QED) is 0.448. The molecule has 0 bridgehead atoms. The summed E-state index contributed by atoms with van der Waals surface area (Å²) >= 11 is 0. The van der Waals surface area contributed by atoms with Crippen LogP contribution in [0.3, 0.4) is 0 Å². The summed E-state index contributed by atoms with van der Waals surface area (Å²) in [5, 5.41) is 28.4. The van der Waals surface area contributed by atoms with Crippen molar-refractivity contribution in [1.29, 1.82) is 0 Å². The highest BCUT2D eigenvalue weighted by atomic mass is 16.6. The maximum atomic E-state index is 11.7. The molecule has 1 fully saturated rings. The number of H-pyrrole nitrogens is 1. The van der Waals surface area contributed by atoms with E-state index in [1.54, 1.807) is 0 Å². The minimum Gasteiger partial charge on any atom is -0.394 e. The Morgan fingerprint density at radius 3 is 2.63 bits per heavy atom. The van der Waals surface area contributed by atoms with E-state index in [4.69, 9.17) is 9.84 Å². The fourth-order valence-electron chi connectivity index (χ4n) is 1.89. The van der Waals surface area contributed by atoms with Gasteiger partial charge in [-0.1, -0.05) is 0 Å². The highest BCUT2D eigenvalue weighted by Crippen LogP contribution is 2.28. The molecule has 2 unspecified atom stereocenters. The summed E-state index contributed by atoms with van der Waals surface area (Å²) in [7, 11) is 0. The second-order valence-corrected chi connectivity index (χ2v) is 4.07. The number of hydrogen-bond donors (Lipinski definition) is 4. The van der Waals surface area contributed by atoms with Gasteiger partial charge in [0, 0.05) is 6.20 Å². The topological polar surface area (TPSA) is 137 Å². The number of aromatic amines is 1. The van der Waals surface area contributed by atoms with Crippen molar-refractivity contribution in [2.75, 3.05) is 6.61 Å². The molecule has 1 saturated heterocycles. The Kier molecular flexibility index (Phi) is 3.62. The van der Waals surface area contributed by atoms with Crippen molar-refractivity contribution >= 4 is 12.4 Å². The van der Waals surface area contributed by atoms with E-state index in [-0.39, 0.29) is 5.69 Å². The van der Waals surface area contributed by atoms with E-state index >= 15 is 0 Å². The van der Waals surface area contributed by atoms with Gasteiger partial charge < -0.3 is 20.1 Å². The number of aliphatic hydroxyl groups is 3. The molecule has 4 atom stereocenters. The van der Waals surface area contributed by atoms with Gasteiger partial charge in [-0.05, 0) is 6.72 Å². The largest absolute Gasteiger partial charge is 0.394 e. The molecule has 19 heavy (non-hydrogen) atoms. The van der Waals surface area contributed by atoms with E-state index in [0.717, 1.165) is 10.8 Å². The summed E-state index contributed by atoms with van der Waals surface area (Å²) in [5.74, 6) is 0. The lowest BCUT2D eigenvalue weighted by molar-refractivity contribution is -0.0549. The average molecular weight is 271 g/mol. The van der Waals surface area contributed by atoms with Gasteiger partial charge in [0.1, 0.15) is 24.0 Å². The number of aliphatic imine (C=N–C) groups is 1. The van der Waals surface area contributed by atoms with Crippen LogP contribution in [0.1, 0.15) is 6.23 Å². The van der Waals surface area contributed by atoms with Crippen LogP contribution < -0.4 is 11.2 Å². The Balaban J connectivity index is 2.46. The molecule has 0 aromatic carbocycles. The Bertz CT molecular complexity index is 594. The number of aliphatic hydroxyl groups excluding tert-OH is 3. The first-order chi connectivity index (χ1) is 8.99. The molecule has 0 aliphatic carbocycles. The van der Waals surface area contributed by atoms with Gasteiger partial charge in [0.05, 0.1) is 6.61 Å². The van der Waals surface area contributed by atoms with E-state index in [1.165, 1.54) is 0 Å². The van der Waals surface area contributed by atoms with Gasteiger partial charge in [0.15, 0.2) is 6.23 Å². The first-order valence-electron chi connectivity index (χ1n) is 5.44. The Labute approximate surface area is 106 Å². The lowest BCUT2D eigenvalue weighted by Gasteiger charge is -2.17. The number of ether oxygens (including phenoxy) is 1. The van der Waals surface area contributed by atoms with Crippen molar-refractivity contribution in [2.45, 2.75) is 24.5 Å². The second kappa shape index (κ2) is 5.05. The number of nitrogens with zero attached hydrogens (tertiary/aromatic N) is 2. The molecule has 0 spiro atoms. The zero-order valence-corrected chi connectivity index (χ0v) is 9.76. The summed E-state index contributed by atoms with van der Waals surface area (Å²) in [6, 6.07) is 0. The Morgan fingerprint density at radius 1 is 1.42 bits per heavy atom. The molecule has 0 amide bonds. The SMILES string of the molecule is C=Nc1cn([C@H]2O[C@@H](CO)C(O)C2O)c(=O)[nH]c1=O. The summed E-state index contributed by atoms with van der Waals surface area (Å²) in [5.41, 5.74) is -1.67. The fraction of sp³-hybridized carbons (Fsp3) is 0.500. The highest BCUT2D eigenvalue weighted by molar-refractivity contribution is 5.41. The maximum Gasteiger partial charge on any atom is 0.330 e. The second-order valence-electron chi connectivity index (χ2n) is 4.07. The van der Waals surface area contributed by atoms with Crippen LogP contribution in [0.5, 0.6) is 0 Å². The molecule has 9 heteroatoms. The van der Waals surface area contributed by atoms with Gasteiger partial charge in [-0.3, -0.25) is 19.3 Å². The summed E-state index contributed by atoms with van der Waals surface area (Å²) in [6.45, 7) is 2.66. The maximum absolute atomic E-state index is 11.7. The number of aromatic nitrogens is 2. The smallest absolute Gasteiger partial charge is 0.330 e. The third-order valence-electron chi connectivity index (χ3n) is 2.91. The number of hydrogen-bond acceptors (Lipinski definition) is 7. The van der Waals surface area contributed by atoms with Crippen LogP contribution in [0.25, 0.3) is 0 Å². The molecule has 9 nitrogen and oxygen atoms in total. The molecular formula is C10H13N3O6. The van der Waals surface area contributed by atoms with Crippen molar-refractivity contribution in [2.24, 2.45) is 4.99 Å². The molecule has 4 N–H and O–H groups in total. The zero-order valence-electron chi connectivity index (χ0n) is 9.76. The first-order valence-corrected chi connectivity index (χ1v) is 5.44. The minimum atomic E-state index is -1.42. The molecule has 1 aromatic rings. The third kappa shape index (κ3) is 2.24. The Morgan fingerprint density at radius 2 is 2.11 bits per heavy atom. The van der Waals surface area contributed by atoms with Crippen LogP contribution >= 0.6 is 0 Å². The molecule has 104 valence electrons. The van der Waals surface area contributed by atoms with Crippen molar-refractivity contribution in [3.05, 3.63) is 27.0 Å². The van der Waals surface area contributed by atoms with Crippen LogP contribution in [0.4, 0.5) is 5.69 Å². The van der Waals surface area contributed by atoms with Gasteiger partial charge in [-0.25, -0.2) is 4.79 Å². The summed E-state index contributed by atoms with van der Waals surface area (Å²) < 4.78 is 6.05. The predicted molar refractivity (Wildman–Crippen MR) is 63.5 cm³/mol. The monoisotopic (exact) mass is 271 g/mol. The summed E-state index contributed by atoms with van der Waals surface area (Å²) in [6.07, 6.45) is -3.93. The molecule has 0 saturated carbocycles. The van der Waals surface area contributed by atoms with Crippen LogP contribution in [0.15, 0.2) is 20.8 Å². The molecule has 1 aliphatic rings. The summed E-state index contributed by atoms with van der Waals surface area (Å²) in [4.78, 5) is 28.4. The van der Waals surface area contributed by atoms with E-state index in [1.807, 2.05) is 4.98 Å². The van der Waals surface area contributed by atoms with Crippen molar-refractivity contribution in [3.63, 3.8) is 0 Å². The van der Waals surface area contributed by atoms with Crippen LogP contribution in [0.2, 0.25) is 0 Å². The third-order valence-corrected chi connectivity index (χ3v) is 2.91. The Hall–Kier alpha value is -1.81. The van der Waals surface area contributed by atoms with Gasteiger partial charge in [-0.15, -0.1) is 0 Å². The van der Waals surface area contributed by atoms with Gasteiger partial charge in [0.25, 0.3) is 5.56 Å². The fourth-order valence-corrected chi connectivity index (χ4v) is 1.89. The molecular weight excluding hydrogens is 258 g/mol. The van der Waals surface area contributed by atoms with Crippen molar-refractivity contribution in [1.82, 2.24) is 9.55 Å². The standard InChI is InChI=1S/C10H13N3O6/c1-11-4-2-13(10(18)12-8(4)17)9-7(16)6(15)5(3-14)19-9/h2,5-7,9,14-16H,1,3H2,(H,12,17,18)/t5-,6?,7?,9-/m0/s1. The predicted octanol–water partition coefficient (Wildman–Crippen LogP) is -2.52. The van der Waals surface area contributed by atoms with Crippen molar-refractivity contribution in [3.8, 4) is 0 Å². The molecule has 2 heterocycles. The van der Waals surface area contributed by atoms with Crippen LogP contribution in [-0.4, -0.2) is 56.5 Å². The lowest BCUT2D eigenvalue weighted by atomic mass is 10.1. The molecule has 0 radical (unpaired) electrons. The number of rotatable bonds is 3. The van der Waals surface area contributed by atoms with Crippen molar-refractivity contribution < 1.29 is 20.1 Å². The average Bonchev–Trinajstić information content (AvgIpc) is 2.67. The van der Waals surface area contributed by atoms with Gasteiger partial charge >= 0.3 is 5.69 Å². The lowest BCUT2D eigenvalue weighted by Crippen LogP contribution is -2.37. The van der Waals surface area contributed by atoms with Crippen LogP contribution in [0, 0.1) is 0 Å². The minimum absolute atomic E-state index is 0.127. The van der Waals surface area contributed by atoms with E-state index in [0.29, 0.717) is 0 Å². The van der Waals surface area contributed by atoms with E-state index in [9.17, 15) is 19.8 Å².